The van der Waals surface area contributed by atoms with Gasteiger partial charge in [-0.3, -0.25) is 4.79 Å². The number of carbonyl (C=O) groups excluding carboxylic acids is 1. The lowest BCUT2D eigenvalue weighted by Crippen LogP contribution is -2.47. The summed E-state index contributed by atoms with van der Waals surface area (Å²) in [6.45, 7) is 5.96. The van der Waals surface area contributed by atoms with Crippen LogP contribution in [-0.2, 0) is 4.79 Å². The van der Waals surface area contributed by atoms with E-state index in [0.717, 1.165) is 37.9 Å². The molecule has 0 spiro atoms. The van der Waals surface area contributed by atoms with Gasteiger partial charge < -0.3 is 10.2 Å². The minimum absolute atomic E-state index is 0.0935. The highest BCUT2D eigenvalue weighted by molar-refractivity contribution is 5.81. The second kappa shape index (κ2) is 7.15. The van der Waals surface area contributed by atoms with E-state index in [0.29, 0.717) is 11.9 Å². The molecule has 3 unspecified atom stereocenters. The summed E-state index contributed by atoms with van der Waals surface area (Å²) in [5, 5.41) is 16.4. The van der Waals surface area contributed by atoms with Crippen molar-refractivity contribution in [3.8, 4) is 11.4 Å². The molecule has 2 fully saturated rings. The van der Waals surface area contributed by atoms with Crippen LogP contribution in [0.4, 0.5) is 0 Å². The predicted molar refractivity (Wildman–Crippen MR) is 98.3 cm³/mol. The number of rotatable bonds is 4. The van der Waals surface area contributed by atoms with Gasteiger partial charge in [-0.05, 0) is 36.9 Å². The van der Waals surface area contributed by atoms with Gasteiger partial charge in [-0.25, -0.2) is 0 Å². The van der Waals surface area contributed by atoms with Crippen LogP contribution in [0.5, 0.6) is 0 Å². The Morgan fingerprint density at radius 1 is 1.15 bits per heavy atom. The van der Waals surface area contributed by atoms with Crippen molar-refractivity contribution >= 4 is 5.91 Å². The second-order valence-corrected chi connectivity index (χ2v) is 7.61. The number of nitrogens with one attached hydrogen (secondary N) is 1. The highest BCUT2D eigenvalue weighted by Crippen LogP contribution is 2.32. The van der Waals surface area contributed by atoms with Crippen LogP contribution in [0.15, 0.2) is 30.3 Å². The lowest BCUT2D eigenvalue weighted by atomic mass is 10.0. The van der Waals surface area contributed by atoms with Crippen molar-refractivity contribution in [1.29, 1.82) is 0 Å². The number of carbonyl (C=O) groups is 1. The van der Waals surface area contributed by atoms with Crippen LogP contribution in [0.25, 0.3) is 11.4 Å². The van der Waals surface area contributed by atoms with Crippen molar-refractivity contribution in [2.24, 2.45) is 5.92 Å². The molecule has 0 saturated carbocycles. The zero-order valence-corrected chi connectivity index (χ0v) is 15.4. The van der Waals surface area contributed by atoms with Gasteiger partial charge in [0.15, 0.2) is 6.04 Å². The van der Waals surface area contributed by atoms with E-state index in [4.69, 9.17) is 0 Å². The summed E-state index contributed by atoms with van der Waals surface area (Å²) < 4.78 is 0. The summed E-state index contributed by atoms with van der Waals surface area (Å²) in [5.74, 6) is 0.786. The predicted octanol–water partition coefficient (Wildman–Crippen LogP) is 1.89. The average molecular weight is 354 g/mol. The van der Waals surface area contributed by atoms with Gasteiger partial charge in [0.05, 0.1) is 0 Å². The molecule has 7 nitrogen and oxygen atoms in total. The number of hydrogen-bond donors (Lipinski definition) is 1. The molecule has 0 aliphatic carbocycles. The van der Waals surface area contributed by atoms with Gasteiger partial charge in [-0.2, -0.15) is 4.80 Å². The van der Waals surface area contributed by atoms with E-state index in [1.165, 1.54) is 4.80 Å². The minimum atomic E-state index is -0.416. The van der Waals surface area contributed by atoms with E-state index in [2.05, 4.69) is 25.6 Å². The molecule has 26 heavy (non-hydrogen) atoms. The second-order valence-electron chi connectivity index (χ2n) is 7.61. The van der Waals surface area contributed by atoms with E-state index >= 15 is 0 Å². The van der Waals surface area contributed by atoms with E-state index in [9.17, 15) is 4.79 Å². The third kappa shape index (κ3) is 3.11. The number of aromatic nitrogens is 4. The van der Waals surface area contributed by atoms with Crippen LogP contribution < -0.4 is 5.32 Å². The third-order valence-corrected chi connectivity index (χ3v) is 5.50. The zero-order valence-electron chi connectivity index (χ0n) is 15.4. The van der Waals surface area contributed by atoms with Gasteiger partial charge >= 0.3 is 0 Å². The lowest BCUT2D eigenvalue weighted by molar-refractivity contribution is -0.139. The zero-order chi connectivity index (χ0) is 18.1. The number of fused-ring (bicyclic) bond motifs is 2. The number of tetrazole rings is 1. The van der Waals surface area contributed by atoms with Crippen LogP contribution in [-0.4, -0.2) is 56.2 Å². The van der Waals surface area contributed by atoms with E-state index in [1.54, 1.807) is 0 Å². The lowest BCUT2D eigenvalue weighted by Gasteiger charge is -2.32. The molecule has 2 aliphatic heterocycles. The Kier molecular flexibility index (Phi) is 4.72. The van der Waals surface area contributed by atoms with Crippen molar-refractivity contribution in [2.45, 2.75) is 51.2 Å². The van der Waals surface area contributed by atoms with Gasteiger partial charge in [0, 0.05) is 24.2 Å². The average Bonchev–Trinajstić information content (AvgIpc) is 3.19. The van der Waals surface area contributed by atoms with Crippen molar-refractivity contribution in [2.75, 3.05) is 13.1 Å². The normalized spacial score (nSPS) is 23.9. The molecule has 1 N–H and O–H groups in total. The Morgan fingerprint density at radius 2 is 1.92 bits per heavy atom. The molecule has 2 aliphatic rings. The molecule has 138 valence electrons. The molecule has 2 saturated heterocycles. The molecule has 1 aromatic carbocycles. The van der Waals surface area contributed by atoms with Crippen LogP contribution in [0.2, 0.25) is 0 Å². The maximum absolute atomic E-state index is 13.5. The molecule has 3 heterocycles. The van der Waals surface area contributed by atoms with Crippen molar-refractivity contribution in [3.05, 3.63) is 30.3 Å². The highest BCUT2D eigenvalue weighted by atomic mass is 16.2. The maximum atomic E-state index is 13.5. The Bertz CT molecular complexity index is 744. The molecule has 4 rings (SSSR count). The quantitative estimate of drug-likeness (QED) is 0.907. The molecule has 1 aromatic heterocycles. The highest BCUT2D eigenvalue weighted by Gasteiger charge is 2.42. The molecule has 3 atom stereocenters. The molecular formula is C19H26N6O. The number of amides is 1. The van der Waals surface area contributed by atoms with Crippen LogP contribution in [0, 0.1) is 5.92 Å². The van der Waals surface area contributed by atoms with Gasteiger partial charge in [0.2, 0.25) is 11.7 Å². The topological polar surface area (TPSA) is 75.9 Å². The number of benzene rings is 1. The van der Waals surface area contributed by atoms with E-state index in [1.807, 2.05) is 44.2 Å². The first-order valence-electron chi connectivity index (χ1n) is 9.53. The first-order chi connectivity index (χ1) is 12.6. The SMILES string of the molecule is CC(C)C(C(=O)N1C2CCNCC1CC2)n1nnc(-c2ccccc2)n1. The molecule has 0 radical (unpaired) electrons. The van der Waals surface area contributed by atoms with Gasteiger partial charge in [-0.1, -0.05) is 44.2 Å². The van der Waals surface area contributed by atoms with Gasteiger partial charge in [-0.15, -0.1) is 10.2 Å². The fraction of sp³-hybridized carbons (Fsp3) is 0.579. The van der Waals surface area contributed by atoms with Crippen LogP contribution >= 0.6 is 0 Å². The number of hydrogen-bond acceptors (Lipinski definition) is 5. The molecule has 2 bridgehead atoms. The Balaban J connectivity index is 1.62. The van der Waals surface area contributed by atoms with Crippen molar-refractivity contribution < 1.29 is 4.79 Å². The third-order valence-electron chi connectivity index (χ3n) is 5.50. The standard InChI is InChI=1S/C19H26N6O/c1-13(2)17(19(26)24-15-8-9-16(24)12-20-11-10-15)25-22-18(21-23-25)14-6-4-3-5-7-14/h3-7,13,15-17,20H,8-12H2,1-2H3. The van der Waals surface area contributed by atoms with E-state index < -0.39 is 6.04 Å². The minimum Gasteiger partial charge on any atom is -0.333 e. The van der Waals surface area contributed by atoms with Crippen LogP contribution in [0.1, 0.15) is 39.2 Å². The maximum Gasteiger partial charge on any atom is 0.250 e. The molecule has 7 heteroatoms. The summed E-state index contributed by atoms with van der Waals surface area (Å²) in [5.41, 5.74) is 0.910. The molecule has 1 amide bonds. The Morgan fingerprint density at radius 3 is 2.69 bits per heavy atom. The summed E-state index contributed by atoms with van der Waals surface area (Å²) in [6.07, 6.45) is 3.20. The number of nitrogens with zero attached hydrogens (tertiary/aromatic N) is 5. The first kappa shape index (κ1) is 17.1. The summed E-state index contributed by atoms with van der Waals surface area (Å²) >= 11 is 0. The summed E-state index contributed by atoms with van der Waals surface area (Å²) in [4.78, 5) is 17.1. The van der Waals surface area contributed by atoms with Gasteiger partial charge in [0.1, 0.15) is 0 Å². The molecule has 2 aromatic rings. The summed E-state index contributed by atoms with van der Waals surface area (Å²) in [7, 11) is 0. The fourth-order valence-corrected chi connectivity index (χ4v) is 4.19. The molecular weight excluding hydrogens is 328 g/mol. The van der Waals surface area contributed by atoms with Crippen molar-refractivity contribution in [1.82, 2.24) is 30.4 Å². The first-order valence-corrected chi connectivity index (χ1v) is 9.53. The Hall–Kier alpha value is -2.28. The largest absolute Gasteiger partial charge is 0.333 e. The van der Waals surface area contributed by atoms with Crippen molar-refractivity contribution in [3.63, 3.8) is 0 Å². The summed E-state index contributed by atoms with van der Waals surface area (Å²) in [6, 6.07) is 9.96. The monoisotopic (exact) mass is 354 g/mol. The Labute approximate surface area is 153 Å². The van der Waals surface area contributed by atoms with Gasteiger partial charge in [0.25, 0.3) is 0 Å². The van der Waals surface area contributed by atoms with E-state index in [-0.39, 0.29) is 17.9 Å². The van der Waals surface area contributed by atoms with Crippen LogP contribution in [0.3, 0.4) is 0 Å². The fourth-order valence-electron chi connectivity index (χ4n) is 4.19. The smallest absolute Gasteiger partial charge is 0.250 e.